The van der Waals surface area contributed by atoms with Crippen LogP contribution in [0.1, 0.15) is 18.4 Å². The molecule has 4 rings (SSSR count). The topological polar surface area (TPSA) is 99.7 Å². The van der Waals surface area contributed by atoms with E-state index in [1.54, 1.807) is 29.2 Å². The maximum Gasteiger partial charge on any atom is 0.231 e. The predicted molar refractivity (Wildman–Crippen MR) is 131 cm³/mol. The lowest BCUT2D eigenvalue weighted by Crippen LogP contribution is -2.24. The minimum Gasteiger partial charge on any atom is -0.312 e. The molecule has 0 atom stereocenters. The number of carbonyl (C=O) groups is 2. The van der Waals surface area contributed by atoms with Gasteiger partial charge < -0.3 is 10.2 Å². The third-order valence-electron chi connectivity index (χ3n) is 5.46. The van der Waals surface area contributed by atoms with Crippen molar-refractivity contribution in [2.75, 3.05) is 34.4 Å². The second kappa shape index (κ2) is 9.32. The van der Waals surface area contributed by atoms with Gasteiger partial charge in [0.25, 0.3) is 0 Å². The van der Waals surface area contributed by atoms with Gasteiger partial charge in [0, 0.05) is 36.6 Å². The first-order valence-electron chi connectivity index (χ1n) is 10.4. The summed E-state index contributed by atoms with van der Waals surface area (Å²) in [5, 5.41) is 5.16. The fourth-order valence-corrected chi connectivity index (χ4v) is 4.80. The van der Waals surface area contributed by atoms with Crippen molar-refractivity contribution >= 4 is 49.7 Å². The fraction of sp³-hybridized carbons (Fsp3) is 0.261. The van der Waals surface area contributed by atoms with E-state index in [0.717, 1.165) is 36.0 Å². The molecule has 1 saturated heterocycles. The molecule has 0 radical (unpaired) electrons. The number of aromatic nitrogens is 1. The molecule has 172 valence electrons. The van der Waals surface area contributed by atoms with Crippen molar-refractivity contribution in [1.29, 1.82) is 0 Å². The number of anilines is 3. The first-order chi connectivity index (χ1) is 15.7. The van der Waals surface area contributed by atoms with E-state index in [2.05, 4.69) is 10.3 Å². The Morgan fingerprint density at radius 3 is 2.45 bits per heavy atom. The van der Waals surface area contributed by atoms with E-state index in [1.807, 2.05) is 29.6 Å². The van der Waals surface area contributed by atoms with E-state index < -0.39 is 10.0 Å². The molecule has 0 bridgehead atoms. The molecule has 10 heteroatoms. The van der Waals surface area contributed by atoms with E-state index in [-0.39, 0.29) is 18.2 Å². The Labute approximate surface area is 196 Å². The van der Waals surface area contributed by atoms with Crippen molar-refractivity contribution in [1.82, 2.24) is 4.98 Å². The molecule has 0 saturated carbocycles. The normalized spacial score (nSPS) is 13.9. The molecule has 2 heterocycles. The molecule has 1 aliphatic heterocycles. The number of nitrogens with one attached hydrogen (secondary N) is 1. The van der Waals surface area contributed by atoms with E-state index in [1.165, 1.54) is 22.7 Å². The molecule has 2 aromatic carbocycles. The summed E-state index contributed by atoms with van der Waals surface area (Å²) >= 11 is 1.32. The average molecular weight is 485 g/mol. The van der Waals surface area contributed by atoms with Crippen molar-refractivity contribution in [3.05, 3.63) is 59.5 Å². The third-order valence-corrected chi connectivity index (χ3v) is 7.42. The highest BCUT2D eigenvalue weighted by molar-refractivity contribution is 7.92. The Hall–Kier alpha value is -3.24. The van der Waals surface area contributed by atoms with E-state index >= 15 is 0 Å². The molecule has 2 amide bonds. The van der Waals surface area contributed by atoms with Crippen molar-refractivity contribution in [2.24, 2.45) is 0 Å². The van der Waals surface area contributed by atoms with Crippen molar-refractivity contribution in [2.45, 2.75) is 19.3 Å². The van der Waals surface area contributed by atoms with Crippen LogP contribution >= 0.6 is 11.3 Å². The molecule has 3 aromatic rings. The first kappa shape index (κ1) is 22.9. The Bertz CT molecular complexity index is 1270. The first-order valence-corrected chi connectivity index (χ1v) is 13.1. The van der Waals surface area contributed by atoms with Gasteiger partial charge >= 0.3 is 0 Å². The number of sulfonamides is 1. The molecular weight excluding hydrogens is 460 g/mol. The zero-order valence-electron chi connectivity index (χ0n) is 18.3. The maximum atomic E-state index is 12.5. The minimum absolute atomic E-state index is 0.136. The summed E-state index contributed by atoms with van der Waals surface area (Å²) in [6.07, 6.45) is 2.82. The van der Waals surface area contributed by atoms with Gasteiger partial charge in [0.05, 0.1) is 24.1 Å². The van der Waals surface area contributed by atoms with Gasteiger partial charge in [-0.3, -0.25) is 13.9 Å². The van der Waals surface area contributed by atoms with Gasteiger partial charge in [-0.25, -0.2) is 13.4 Å². The largest absolute Gasteiger partial charge is 0.312 e. The molecule has 0 unspecified atom stereocenters. The van der Waals surface area contributed by atoms with E-state index in [4.69, 9.17) is 0 Å². The number of rotatable bonds is 7. The van der Waals surface area contributed by atoms with Crippen molar-refractivity contribution in [3.8, 4) is 11.3 Å². The van der Waals surface area contributed by atoms with Crippen LogP contribution in [-0.2, 0) is 26.0 Å². The lowest BCUT2D eigenvalue weighted by Gasteiger charge is -2.16. The number of thiazole rings is 1. The quantitative estimate of drug-likeness (QED) is 0.553. The minimum atomic E-state index is -3.32. The second-order valence-corrected chi connectivity index (χ2v) is 10.7. The third kappa shape index (κ3) is 5.40. The van der Waals surface area contributed by atoms with Gasteiger partial charge in [0.2, 0.25) is 21.8 Å². The summed E-state index contributed by atoms with van der Waals surface area (Å²) in [7, 11) is -1.82. The second-order valence-electron chi connectivity index (χ2n) is 7.86. The number of hydrogen-bond acceptors (Lipinski definition) is 6. The van der Waals surface area contributed by atoms with Gasteiger partial charge in [-0.2, -0.15) is 0 Å². The summed E-state index contributed by atoms with van der Waals surface area (Å²) in [6, 6.07) is 14.5. The van der Waals surface area contributed by atoms with Crippen LogP contribution in [-0.4, -0.2) is 45.1 Å². The van der Waals surface area contributed by atoms with Gasteiger partial charge in [0.15, 0.2) is 5.13 Å². The highest BCUT2D eigenvalue weighted by Crippen LogP contribution is 2.27. The smallest absolute Gasteiger partial charge is 0.231 e. The lowest BCUT2D eigenvalue weighted by atomic mass is 10.1. The van der Waals surface area contributed by atoms with Crippen LogP contribution in [0.5, 0.6) is 0 Å². The highest BCUT2D eigenvalue weighted by atomic mass is 32.2. The lowest BCUT2D eigenvalue weighted by molar-refractivity contribution is -0.117. The number of carbonyl (C=O) groups excluding carboxylic acids is 2. The monoisotopic (exact) mass is 484 g/mol. The maximum absolute atomic E-state index is 12.5. The Kier molecular flexibility index (Phi) is 6.48. The number of nitrogens with zero attached hydrogens (tertiary/aromatic N) is 3. The molecule has 8 nitrogen and oxygen atoms in total. The molecule has 1 N–H and O–H groups in total. The van der Waals surface area contributed by atoms with Crippen LogP contribution in [0.4, 0.5) is 16.5 Å². The highest BCUT2D eigenvalue weighted by Gasteiger charge is 2.21. The molecule has 33 heavy (non-hydrogen) atoms. The van der Waals surface area contributed by atoms with Crippen LogP contribution in [0, 0.1) is 0 Å². The summed E-state index contributed by atoms with van der Waals surface area (Å²) in [5.74, 6) is -0.0388. The van der Waals surface area contributed by atoms with Crippen LogP contribution < -0.4 is 14.5 Å². The summed E-state index contributed by atoms with van der Waals surface area (Å²) in [6.45, 7) is 0.738. The van der Waals surface area contributed by atoms with Crippen LogP contribution in [0.2, 0.25) is 0 Å². The Balaban J connectivity index is 1.36. The number of benzene rings is 2. The number of hydrogen-bond donors (Lipinski definition) is 1. The molecule has 0 aliphatic carbocycles. The van der Waals surface area contributed by atoms with Crippen LogP contribution in [0.3, 0.4) is 0 Å². The zero-order valence-corrected chi connectivity index (χ0v) is 19.9. The molecule has 1 aromatic heterocycles. The Morgan fingerprint density at radius 1 is 1.15 bits per heavy atom. The van der Waals surface area contributed by atoms with Crippen molar-refractivity contribution < 1.29 is 18.0 Å². The summed E-state index contributed by atoms with van der Waals surface area (Å²) in [5.41, 5.74) is 3.79. The van der Waals surface area contributed by atoms with Gasteiger partial charge in [-0.15, -0.1) is 11.3 Å². The van der Waals surface area contributed by atoms with E-state index in [9.17, 15) is 18.0 Å². The van der Waals surface area contributed by atoms with Gasteiger partial charge in [0.1, 0.15) is 0 Å². The molecular formula is C23H24N4O4S2. The fourth-order valence-electron chi connectivity index (χ4n) is 3.56. The standard InChI is InChI=1S/C23H24N4O4S2/c1-26(33(2,30)31)18-11-7-17(8-12-18)20-15-32-23(24-20)25-21(28)14-16-5-9-19(10-6-16)27-13-3-4-22(27)29/h5-12,15H,3-4,13-14H2,1-2H3,(H,24,25,28). The molecule has 1 aliphatic rings. The van der Waals surface area contributed by atoms with Crippen LogP contribution in [0.15, 0.2) is 53.9 Å². The summed E-state index contributed by atoms with van der Waals surface area (Å²) < 4.78 is 24.6. The van der Waals surface area contributed by atoms with Gasteiger partial charge in [-0.05, 0) is 36.2 Å². The molecule has 0 spiro atoms. The van der Waals surface area contributed by atoms with Crippen LogP contribution in [0.25, 0.3) is 11.3 Å². The number of amides is 2. The van der Waals surface area contributed by atoms with E-state index in [0.29, 0.717) is 22.9 Å². The van der Waals surface area contributed by atoms with Gasteiger partial charge in [-0.1, -0.05) is 24.3 Å². The zero-order chi connectivity index (χ0) is 23.6. The average Bonchev–Trinajstić information content (AvgIpc) is 3.42. The SMILES string of the molecule is CN(c1ccc(-c2csc(NC(=O)Cc3ccc(N4CCCC4=O)cc3)n2)cc1)S(C)(=O)=O. The van der Waals surface area contributed by atoms with Crippen molar-refractivity contribution in [3.63, 3.8) is 0 Å². The summed E-state index contributed by atoms with van der Waals surface area (Å²) in [4.78, 5) is 30.6. The predicted octanol–water partition coefficient (Wildman–Crippen LogP) is 3.51. The molecule has 1 fully saturated rings. The Morgan fingerprint density at radius 2 is 1.85 bits per heavy atom.